The van der Waals surface area contributed by atoms with Crippen molar-refractivity contribution in [2.75, 3.05) is 0 Å². The van der Waals surface area contributed by atoms with E-state index in [0.717, 1.165) is 11.1 Å². The molecule has 1 nitrogen and oxygen atoms in total. The Morgan fingerprint density at radius 2 is 1.48 bits per heavy atom. The predicted octanol–water partition coefficient (Wildman–Crippen LogP) is 7.85. The van der Waals surface area contributed by atoms with Crippen LogP contribution in [0.1, 0.15) is 30.5 Å². The van der Waals surface area contributed by atoms with Crippen LogP contribution in [0.3, 0.4) is 0 Å². The van der Waals surface area contributed by atoms with Gasteiger partial charge in [-0.3, -0.25) is 4.98 Å². The van der Waals surface area contributed by atoms with Gasteiger partial charge in [0.15, 0.2) is 0 Å². The van der Waals surface area contributed by atoms with Crippen LogP contribution in [0.15, 0.2) is 104 Å². The molecule has 1 aromatic heterocycles. The summed E-state index contributed by atoms with van der Waals surface area (Å²) in [6.45, 7) is 10.1. The molecule has 1 heteroatoms. The van der Waals surface area contributed by atoms with Crippen LogP contribution in [0.4, 0.5) is 0 Å². The number of hydrogen-bond donors (Lipinski definition) is 0. The Morgan fingerprint density at radius 3 is 2.14 bits per heavy atom. The summed E-state index contributed by atoms with van der Waals surface area (Å²) in [5, 5.41) is 1.18. The molecule has 0 aliphatic carbocycles. The second-order valence-electron chi connectivity index (χ2n) is 6.54. The SMILES string of the molecule is C=C/C=C(/c1ccccc1)c1ccc2c(-c3ccccc3)ccnc2c1C.CC. The summed E-state index contributed by atoms with van der Waals surface area (Å²) < 4.78 is 0. The first-order chi connectivity index (χ1) is 14.3. The highest BCUT2D eigenvalue weighted by Gasteiger charge is 2.13. The summed E-state index contributed by atoms with van der Waals surface area (Å²) in [5.74, 6) is 0. The molecule has 4 aromatic rings. The maximum absolute atomic E-state index is 4.71. The number of aromatic nitrogens is 1. The minimum atomic E-state index is 1.04. The van der Waals surface area contributed by atoms with E-state index in [-0.39, 0.29) is 0 Å². The summed E-state index contributed by atoms with van der Waals surface area (Å²) in [6, 6.07) is 27.4. The lowest BCUT2D eigenvalue weighted by molar-refractivity contribution is 1.35. The van der Waals surface area contributed by atoms with Crippen molar-refractivity contribution in [1.29, 1.82) is 0 Å². The van der Waals surface area contributed by atoms with Crippen molar-refractivity contribution in [3.8, 4) is 11.1 Å². The molecule has 0 unspecified atom stereocenters. The number of benzene rings is 3. The number of pyridine rings is 1. The molecule has 0 radical (unpaired) electrons. The minimum absolute atomic E-state index is 1.04. The predicted molar refractivity (Wildman–Crippen MR) is 127 cm³/mol. The average Bonchev–Trinajstić information content (AvgIpc) is 2.80. The van der Waals surface area contributed by atoms with Gasteiger partial charge in [-0.25, -0.2) is 0 Å². The third-order valence-electron chi connectivity index (χ3n) is 4.91. The van der Waals surface area contributed by atoms with Gasteiger partial charge in [0.2, 0.25) is 0 Å². The fourth-order valence-electron chi connectivity index (χ4n) is 3.60. The van der Waals surface area contributed by atoms with Crippen molar-refractivity contribution in [1.82, 2.24) is 4.98 Å². The lowest BCUT2D eigenvalue weighted by atomic mass is 9.90. The molecule has 0 spiro atoms. The van der Waals surface area contributed by atoms with E-state index in [1.54, 1.807) is 0 Å². The highest BCUT2D eigenvalue weighted by molar-refractivity contribution is 5.99. The molecule has 144 valence electrons. The summed E-state index contributed by atoms with van der Waals surface area (Å²) in [4.78, 5) is 4.71. The number of aryl methyl sites for hydroxylation is 1. The molecule has 0 saturated heterocycles. The number of rotatable bonds is 4. The smallest absolute Gasteiger partial charge is 0.0743 e. The number of allylic oxidation sites excluding steroid dienone is 2. The van der Waals surface area contributed by atoms with E-state index in [9.17, 15) is 0 Å². The molecule has 0 amide bonds. The van der Waals surface area contributed by atoms with E-state index in [4.69, 9.17) is 4.98 Å². The molecule has 1 heterocycles. The lowest BCUT2D eigenvalue weighted by Gasteiger charge is -2.15. The van der Waals surface area contributed by atoms with Crippen LogP contribution in [0, 0.1) is 6.92 Å². The maximum atomic E-state index is 4.71. The van der Waals surface area contributed by atoms with E-state index in [2.05, 4.69) is 86.3 Å². The third-order valence-corrected chi connectivity index (χ3v) is 4.91. The van der Waals surface area contributed by atoms with E-state index >= 15 is 0 Å². The number of hydrogen-bond acceptors (Lipinski definition) is 1. The summed E-state index contributed by atoms with van der Waals surface area (Å²) in [7, 11) is 0. The van der Waals surface area contributed by atoms with Crippen molar-refractivity contribution in [2.24, 2.45) is 0 Å². The van der Waals surface area contributed by atoms with Gasteiger partial charge < -0.3 is 0 Å². The highest BCUT2D eigenvalue weighted by atomic mass is 14.7. The van der Waals surface area contributed by atoms with Gasteiger partial charge in [0.1, 0.15) is 0 Å². The topological polar surface area (TPSA) is 12.9 Å². The minimum Gasteiger partial charge on any atom is -0.256 e. The molecular formula is C28H27N. The van der Waals surface area contributed by atoms with Gasteiger partial charge >= 0.3 is 0 Å². The largest absolute Gasteiger partial charge is 0.256 e. The molecule has 29 heavy (non-hydrogen) atoms. The van der Waals surface area contributed by atoms with E-state index in [1.165, 1.54) is 33.2 Å². The van der Waals surface area contributed by atoms with E-state index in [0.29, 0.717) is 0 Å². The van der Waals surface area contributed by atoms with Gasteiger partial charge in [-0.05, 0) is 46.4 Å². The first-order valence-electron chi connectivity index (χ1n) is 10.1. The van der Waals surface area contributed by atoms with Crippen LogP contribution in [0.5, 0.6) is 0 Å². The lowest BCUT2D eigenvalue weighted by Crippen LogP contribution is -1.95. The molecule has 0 bridgehead atoms. The van der Waals surface area contributed by atoms with Crippen molar-refractivity contribution in [3.63, 3.8) is 0 Å². The maximum Gasteiger partial charge on any atom is 0.0743 e. The van der Waals surface area contributed by atoms with Crippen molar-refractivity contribution in [2.45, 2.75) is 20.8 Å². The van der Waals surface area contributed by atoms with Crippen LogP contribution >= 0.6 is 0 Å². The zero-order valence-corrected chi connectivity index (χ0v) is 17.4. The fourth-order valence-corrected chi connectivity index (χ4v) is 3.60. The zero-order chi connectivity index (χ0) is 20.6. The van der Waals surface area contributed by atoms with Crippen molar-refractivity contribution >= 4 is 16.5 Å². The van der Waals surface area contributed by atoms with Gasteiger partial charge in [-0.15, -0.1) is 0 Å². The average molecular weight is 378 g/mol. The van der Waals surface area contributed by atoms with Gasteiger partial charge in [-0.2, -0.15) is 0 Å². The van der Waals surface area contributed by atoms with Gasteiger partial charge in [0, 0.05) is 11.6 Å². The first kappa shape index (κ1) is 20.3. The Kier molecular flexibility index (Phi) is 6.76. The van der Waals surface area contributed by atoms with Crippen molar-refractivity contribution < 1.29 is 0 Å². The standard InChI is InChI=1S/C26H21N.C2H6/c1-3-10-23(20-11-6-4-7-12-20)22-15-16-25-24(21-13-8-5-9-14-21)17-18-27-26(25)19(22)2;1-2/h3-18H,1H2,2H3;1-2H3/b23-10-;. The quantitative estimate of drug-likeness (QED) is 0.330. The Balaban J connectivity index is 0.00000117. The van der Waals surface area contributed by atoms with E-state index in [1.807, 2.05) is 38.3 Å². The normalized spacial score (nSPS) is 10.9. The van der Waals surface area contributed by atoms with Gasteiger partial charge in [0.05, 0.1) is 5.52 Å². The molecule has 0 aliphatic rings. The zero-order valence-electron chi connectivity index (χ0n) is 17.4. The Hall–Kier alpha value is -3.45. The second kappa shape index (κ2) is 9.66. The van der Waals surface area contributed by atoms with Crippen LogP contribution in [0.2, 0.25) is 0 Å². The third kappa shape index (κ3) is 4.20. The van der Waals surface area contributed by atoms with Crippen LogP contribution < -0.4 is 0 Å². The monoisotopic (exact) mass is 377 g/mol. The number of nitrogens with zero attached hydrogens (tertiary/aromatic N) is 1. The molecule has 0 atom stereocenters. The van der Waals surface area contributed by atoms with Crippen LogP contribution in [-0.4, -0.2) is 4.98 Å². The van der Waals surface area contributed by atoms with Crippen molar-refractivity contribution in [3.05, 3.63) is 120 Å². The number of fused-ring (bicyclic) bond motifs is 1. The Labute approximate surface area is 174 Å². The van der Waals surface area contributed by atoms with Crippen LogP contribution in [-0.2, 0) is 0 Å². The molecule has 3 aromatic carbocycles. The van der Waals surface area contributed by atoms with E-state index < -0.39 is 0 Å². The Bertz CT molecular complexity index is 1120. The molecule has 0 N–H and O–H groups in total. The molecule has 0 aliphatic heterocycles. The summed E-state index contributed by atoms with van der Waals surface area (Å²) >= 11 is 0. The van der Waals surface area contributed by atoms with Gasteiger partial charge in [0.25, 0.3) is 0 Å². The molecule has 0 saturated carbocycles. The highest BCUT2D eigenvalue weighted by Crippen LogP contribution is 2.34. The fraction of sp³-hybridized carbons (Fsp3) is 0.107. The van der Waals surface area contributed by atoms with Crippen LogP contribution in [0.25, 0.3) is 27.6 Å². The summed E-state index contributed by atoms with van der Waals surface area (Å²) in [5.41, 5.74) is 8.18. The van der Waals surface area contributed by atoms with Gasteiger partial charge in [-0.1, -0.05) is 105 Å². The first-order valence-corrected chi connectivity index (χ1v) is 10.1. The summed E-state index contributed by atoms with van der Waals surface area (Å²) in [6.07, 6.45) is 5.82. The molecular weight excluding hydrogens is 350 g/mol. The molecule has 0 fully saturated rings. The molecule has 4 rings (SSSR count). The Morgan fingerprint density at radius 1 is 0.828 bits per heavy atom. The second-order valence-corrected chi connectivity index (χ2v) is 6.54.